The number of nitrogens with one attached hydrogen (secondary N) is 1. The van der Waals surface area contributed by atoms with Gasteiger partial charge in [0, 0.05) is 18.4 Å². The number of amides is 1. The van der Waals surface area contributed by atoms with E-state index in [2.05, 4.69) is 25.2 Å². The molecule has 0 radical (unpaired) electrons. The fourth-order valence-electron chi connectivity index (χ4n) is 3.57. The lowest BCUT2D eigenvalue weighted by molar-refractivity contribution is -0.226. The number of carbonyl (C=O) groups excluding carboxylic acids is 1. The van der Waals surface area contributed by atoms with Crippen LogP contribution in [-0.2, 0) is 15.7 Å². The molecule has 1 aromatic carbocycles. The predicted molar refractivity (Wildman–Crippen MR) is 112 cm³/mol. The number of benzene rings is 1. The zero-order valence-electron chi connectivity index (χ0n) is 19.2. The number of hydrogen-bond acceptors (Lipinski definition) is 8. The minimum absolute atomic E-state index is 0.0350. The number of halogens is 6. The fourth-order valence-corrected chi connectivity index (χ4v) is 3.57. The quantitative estimate of drug-likeness (QED) is 0.334. The molecule has 2 atom stereocenters. The van der Waals surface area contributed by atoms with E-state index in [4.69, 9.17) is 13.9 Å². The smallest absolute Gasteiger partial charge is 0.419 e. The normalized spacial score (nSPS) is 18.7. The Hall–Kier alpha value is -3.46. The topological polar surface area (TPSA) is 109 Å². The van der Waals surface area contributed by atoms with Gasteiger partial charge in [0.2, 0.25) is 5.89 Å². The Bertz CT molecular complexity index is 1250. The Kier molecular flexibility index (Phi) is 7.54. The van der Waals surface area contributed by atoms with Crippen LogP contribution in [0, 0.1) is 5.82 Å². The van der Waals surface area contributed by atoms with Crippen molar-refractivity contribution in [1.82, 2.24) is 20.5 Å². The summed E-state index contributed by atoms with van der Waals surface area (Å²) < 4.78 is 98.0. The van der Waals surface area contributed by atoms with Crippen LogP contribution in [0.25, 0.3) is 10.9 Å². The van der Waals surface area contributed by atoms with Crippen LogP contribution in [0.1, 0.15) is 47.8 Å². The van der Waals surface area contributed by atoms with Crippen molar-refractivity contribution in [3.63, 3.8) is 0 Å². The standard InChI is InChI=1S/C22H20F6N4O5/c1-21(24,25)36-7-6-34-20-32-31-19(37-20)17-5-3-12(10-35-17)29-18(33)15-4-2-11-8-13(22(26,27)28)14(23)9-16(11)30-15/h2,4,8-9,12,17H,3,5-7,10H2,1H3,(H,29,33)/t12-,17+/m1/s1. The van der Waals surface area contributed by atoms with Gasteiger partial charge in [-0.05, 0) is 25.0 Å². The molecule has 4 rings (SSSR count). The number of hydrogen-bond donors (Lipinski definition) is 1. The summed E-state index contributed by atoms with van der Waals surface area (Å²) in [6, 6.07) is 3.36. The van der Waals surface area contributed by atoms with Crippen LogP contribution in [0.2, 0.25) is 0 Å². The van der Waals surface area contributed by atoms with E-state index >= 15 is 0 Å². The van der Waals surface area contributed by atoms with Crippen LogP contribution < -0.4 is 10.1 Å². The minimum Gasteiger partial charge on any atom is -0.447 e. The summed E-state index contributed by atoms with van der Waals surface area (Å²) in [4.78, 5) is 16.6. The van der Waals surface area contributed by atoms with Crippen molar-refractivity contribution < 1.29 is 49.8 Å². The third-order valence-electron chi connectivity index (χ3n) is 5.29. The summed E-state index contributed by atoms with van der Waals surface area (Å²) in [6.07, 6.45) is -8.13. The average Bonchev–Trinajstić information content (AvgIpc) is 3.29. The van der Waals surface area contributed by atoms with E-state index in [1.807, 2.05) is 0 Å². The van der Waals surface area contributed by atoms with Gasteiger partial charge >= 0.3 is 18.4 Å². The van der Waals surface area contributed by atoms with Gasteiger partial charge in [0.25, 0.3) is 5.91 Å². The Morgan fingerprint density at radius 3 is 2.59 bits per heavy atom. The van der Waals surface area contributed by atoms with Crippen molar-refractivity contribution >= 4 is 16.8 Å². The molecule has 1 fully saturated rings. The van der Waals surface area contributed by atoms with Crippen molar-refractivity contribution in [2.45, 2.75) is 44.2 Å². The van der Waals surface area contributed by atoms with Gasteiger partial charge in [-0.15, -0.1) is 5.10 Å². The van der Waals surface area contributed by atoms with Gasteiger partial charge < -0.3 is 23.9 Å². The maximum Gasteiger partial charge on any atom is 0.419 e. The first-order chi connectivity index (χ1) is 17.4. The zero-order valence-corrected chi connectivity index (χ0v) is 19.2. The molecule has 1 aliphatic heterocycles. The highest BCUT2D eigenvalue weighted by Crippen LogP contribution is 2.33. The Morgan fingerprint density at radius 1 is 1.14 bits per heavy atom. The van der Waals surface area contributed by atoms with E-state index in [9.17, 15) is 31.1 Å². The van der Waals surface area contributed by atoms with E-state index < -0.39 is 48.3 Å². The molecule has 9 nitrogen and oxygen atoms in total. The van der Waals surface area contributed by atoms with Crippen LogP contribution in [-0.4, -0.2) is 53.1 Å². The number of pyridine rings is 1. The summed E-state index contributed by atoms with van der Waals surface area (Å²) in [5.41, 5.74) is -1.61. The molecule has 200 valence electrons. The van der Waals surface area contributed by atoms with Gasteiger partial charge in [0.1, 0.15) is 24.2 Å². The van der Waals surface area contributed by atoms with Gasteiger partial charge in [-0.3, -0.25) is 4.79 Å². The van der Waals surface area contributed by atoms with Crippen molar-refractivity contribution in [2.75, 3.05) is 19.8 Å². The number of fused-ring (bicyclic) bond motifs is 1. The second-order valence-corrected chi connectivity index (χ2v) is 8.20. The van der Waals surface area contributed by atoms with Crippen LogP contribution in [0.3, 0.4) is 0 Å². The number of aromatic nitrogens is 3. The first-order valence-electron chi connectivity index (χ1n) is 11.0. The molecular weight excluding hydrogens is 514 g/mol. The van der Waals surface area contributed by atoms with Gasteiger partial charge in [-0.25, -0.2) is 9.37 Å². The van der Waals surface area contributed by atoms with E-state index in [-0.39, 0.29) is 41.8 Å². The lowest BCUT2D eigenvalue weighted by atomic mass is 10.0. The van der Waals surface area contributed by atoms with Crippen LogP contribution >= 0.6 is 0 Å². The van der Waals surface area contributed by atoms with E-state index in [1.165, 1.54) is 12.1 Å². The second kappa shape index (κ2) is 10.5. The maximum absolute atomic E-state index is 13.9. The fraction of sp³-hybridized carbons (Fsp3) is 0.455. The molecule has 1 aliphatic rings. The summed E-state index contributed by atoms with van der Waals surface area (Å²) in [6.45, 7) is 0.0523. The molecule has 0 spiro atoms. The highest BCUT2D eigenvalue weighted by atomic mass is 19.4. The van der Waals surface area contributed by atoms with E-state index in [0.29, 0.717) is 31.9 Å². The van der Waals surface area contributed by atoms with Gasteiger partial charge in [0.05, 0.1) is 30.3 Å². The van der Waals surface area contributed by atoms with Gasteiger partial charge in [-0.1, -0.05) is 11.2 Å². The highest BCUT2D eigenvalue weighted by Gasteiger charge is 2.34. The SMILES string of the molecule is CC(F)(F)OCCOc1nnc([C@@H]2CC[C@@H](NC(=O)c3ccc4cc(C(F)(F)F)c(F)cc4n3)CO2)o1. The van der Waals surface area contributed by atoms with E-state index in [0.717, 1.165) is 0 Å². The monoisotopic (exact) mass is 534 g/mol. The lowest BCUT2D eigenvalue weighted by Gasteiger charge is -2.27. The molecule has 0 unspecified atom stereocenters. The van der Waals surface area contributed by atoms with Gasteiger partial charge in [0.15, 0.2) is 0 Å². The van der Waals surface area contributed by atoms with Crippen LogP contribution in [0.4, 0.5) is 26.3 Å². The number of nitrogens with zero attached hydrogens (tertiary/aromatic N) is 3. The molecule has 3 aromatic rings. The molecule has 0 saturated carbocycles. The zero-order chi connectivity index (χ0) is 26.8. The van der Waals surface area contributed by atoms with Crippen molar-refractivity contribution in [1.29, 1.82) is 0 Å². The summed E-state index contributed by atoms with van der Waals surface area (Å²) in [5, 5.41) is 10.2. The highest BCUT2D eigenvalue weighted by molar-refractivity contribution is 5.95. The lowest BCUT2D eigenvalue weighted by Crippen LogP contribution is -2.41. The Morgan fingerprint density at radius 2 is 1.92 bits per heavy atom. The maximum atomic E-state index is 13.9. The third kappa shape index (κ3) is 6.85. The van der Waals surface area contributed by atoms with Crippen molar-refractivity contribution in [3.05, 3.63) is 47.2 Å². The number of alkyl halides is 5. The summed E-state index contributed by atoms with van der Waals surface area (Å²) >= 11 is 0. The molecule has 3 heterocycles. The Balaban J connectivity index is 1.29. The summed E-state index contributed by atoms with van der Waals surface area (Å²) in [5.74, 6) is -1.98. The molecule has 37 heavy (non-hydrogen) atoms. The second-order valence-electron chi connectivity index (χ2n) is 8.20. The average molecular weight is 534 g/mol. The molecular formula is C22H20F6N4O5. The largest absolute Gasteiger partial charge is 0.447 e. The number of carbonyl (C=O) groups is 1. The van der Waals surface area contributed by atoms with Crippen LogP contribution in [0.5, 0.6) is 6.08 Å². The minimum atomic E-state index is -4.85. The molecule has 0 bridgehead atoms. The van der Waals surface area contributed by atoms with Crippen molar-refractivity contribution in [2.24, 2.45) is 0 Å². The molecule has 1 saturated heterocycles. The molecule has 15 heteroatoms. The third-order valence-corrected chi connectivity index (χ3v) is 5.29. The Labute approximate surface area is 205 Å². The first kappa shape index (κ1) is 26.6. The van der Waals surface area contributed by atoms with Crippen molar-refractivity contribution in [3.8, 4) is 6.08 Å². The van der Waals surface area contributed by atoms with Crippen LogP contribution in [0.15, 0.2) is 28.7 Å². The molecule has 2 aromatic heterocycles. The molecule has 1 N–H and O–H groups in total. The first-order valence-corrected chi connectivity index (χ1v) is 11.0. The number of ether oxygens (including phenoxy) is 3. The van der Waals surface area contributed by atoms with E-state index in [1.54, 1.807) is 0 Å². The summed E-state index contributed by atoms with van der Waals surface area (Å²) in [7, 11) is 0. The van der Waals surface area contributed by atoms with Gasteiger partial charge in [-0.2, -0.15) is 22.0 Å². The predicted octanol–water partition coefficient (Wildman–Crippen LogP) is 4.43. The molecule has 0 aliphatic carbocycles. The number of rotatable bonds is 8. The molecule has 1 amide bonds.